The van der Waals surface area contributed by atoms with Crippen LogP contribution in [0, 0.1) is 18.8 Å². The third-order valence-electron chi connectivity index (χ3n) is 4.23. The Morgan fingerprint density at radius 3 is 2.55 bits per heavy atom. The number of hydrogen-bond acceptors (Lipinski definition) is 2. The van der Waals surface area contributed by atoms with Crippen molar-refractivity contribution in [2.75, 3.05) is 11.9 Å². The van der Waals surface area contributed by atoms with Crippen molar-refractivity contribution in [2.24, 2.45) is 11.8 Å². The summed E-state index contributed by atoms with van der Waals surface area (Å²) >= 11 is 5.96. The van der Waals surface area contributed by atoms with Crippen molar-refractivity contribution in [2.45, 2.75) is 38.6 Å². The molecule has 0 heterocycles. The van der Waals surface area contributed by atoms with Crippen LogP contribution in [0.2, 0.25) is 5.02 Å². The molecule has 3 rings (SSSR count). The van der Waals surface area contributed by atoms with E-state index in [1.807, 2.05) is 19.1 Å². The first-order valence-corrected chi connectivity index (χ1v) is 7.80. The molecule has 1 aromatic carbocycles. The summed E-state index contributed by atoms with van der Waals surface area (Å²) in [4.78, 5) is 12.0. The number of halogens is 1. The Balaban J connectivity index is 1.52. The molecular formula is C16H21ClN2O. The maximum atomic E-state index is 12.0. The molecule has 2 fully saturated rings. The molecule has 3 nitrogen and oxygen atoms in total. The molecule has 1 aromatic rings. The zero-order valence-corrected chi connectivity index (χ0v) is 12.5. The zero-order valence-electron chi connectivity index (χ0n) is 11.8. The third-order valence-corrected chi connectivity index (χ3v) is 4.47. The Bertz CT molecular complexity index is 497. The van der Waals surface area contributed by atoms with Gasteiger partial charge in [0.1, 0.15) is 0 Å². The lowest BCUT2D eigenvalue weighted by molar-refractivity contribution is -0.115. The molecule has 0 bridgehead atoms. The molecule has 2 saturated carbocycles. The van der Waals surface area contributed by atoms with Crippen LogP contribution < -0.4 is 10.6 Å². The fourth-order valence-corrected chi connectivity index (χ4v) is 2.93. The molecule has 0 aliphatic heterocycles. The quantitative estimate of drug-likeness (QED) is 0.844. The Labute approximate surface area is 125 Å². The first-order chi connectivity index (χ1) is 9.63. The fraction of sp³-hybridized carbons (Fsp3) is 0.562. The van der Waals surface area contributed by atoms with E-state index >= 15 is 0 Å². The molecule has 2 N–H and O–H groups in total. The van der Waals surface area contributed by atoms with Crippen molar-refractivity contribution in [3.05, 3.63) is 28.8 Å². The van der Waals surface area contributed by atoms with Gasteiger partial charge in [-0.05, 0) is 62.1 Å². The highest BCUT2D eigenvalue weighted by Gasteiger charge is 2.41. The van der Waals surface area contributed by atoms with Crippen LogP contribution in [0.3, 0.4) is 0 Å². The van der Waals surface area contributed by atoms with Gasteiger partial charge in [0.15, 0.2) is 0 Å². The van der Waals surface area contributed by atoms with Crippen LogP contribution in [0.1, 0.15) is 31.2 Å². The lowest BCUT2D eigenvalue weighted by Gasteiger charge is -2.17. The van der Waals surface area contributed by atoms with Crippen LogP contribution in [-0.2, 0) is 4.79 Å². The summed E-state index contributed by atoms with van der Waals surface area (Å²) < 4.78 is 0. The minimum Gasteiger partial charge on any atom is -0.325 e. The summed E-state index contributed by atoms with van der Waals surface area (Å²) in [7, 11) is 0. The predicted molar refractivity (Wildman–Crippen MR) is 82.1 cm³/mol. The van der Waals surface area contributed by atoms with Gasteiger partial charge in [-0.15, -0.1) is 0 Å². The molecular weight excluding hydrogens is 272 g/mol. The fourth-order valence-electron chi connectivity index (χ4n) is 2.76. The van der Waals surface area contributed by atoms with E-state index in [-0.39, 0.29) is 5.91 Å². The Morgan fingerprint density at radius 2 is 1.95 bits per heavy atom. The van der Waals surface area contributed by atoms with Crippen molar-refractivity contribution >= 4 is 23.2 Å². The van der Waals surface area contributed by atoms with E-state index in [1.165, 1.54) is 25.7 Å². The highest BCUT2D eigenvalue weighted by molar-refractivity contribution is 6.31. The van der Waals surface area contributed by atoms with E-state index in [0.717, 1.165) is 23.1 Å². The molecule has 108 valence electrons. The number of hydrogen-bond donors (Lipinski definition) is 2. The Kier molecular flexibility index (Phi) is 3.99. The van der Waals surface area contributed by atoms with Crippen LogP contribution >= 0.6 is 11.6 Å². The van der Waals surface area contributed by atoms with Crippen molar-refractivity contribution in [3.8, 4) is 0 Å². The molecule has 2 aliphatic rings. The number of amides is 1. The summed E-state index contributed by atoms with van der Waals surface area (Å²) in [6.45, 7) is 2.36. The molecule has 20 heavy (non-hydrogen) atoms. The molecule has 1 amide bonds. The number of aryl methyl sites for hydroxylation is 1. The molecule has 4 heteroatoms. The summed E-state index contributed by atoms with van der Waals surface area (Å²) in [5, 5.41) is 7.04. The number of nitrogens with one attached hydrogen (secondary N) is 2. The van der Waals surface area contributed by atoms with Gasteiger partial charge in [-0.1, -0.05) is 17.7 Å². The minimum absolute atomic E-state index is 0.0154. The van der Waals surface area contributed by atoms with E-state index in [4.69, 9.17) is 11.6 Å². The van der Waals surface area contributed by atoms with Gasteiger partial charge in [-0.3, -0.25) is 4.79 Å². The van der Waals surface area contributed by atoms with Crippen LogP contribution in [0.5, 0.6) is 0 Å². The van der Waals surface area contributed by atoms with Crippen LogP contribution in [-0.4, -0.2) is 18.5 Å². The molecule has 0 saturated heterocycles. The van der Waals surface area contributed by atoms with Gasteiger partial charge in [0.2, 0.25) is 5.91 Å². The summed E-state index contributed by atoms with van der Waals surface area (Å²) in [5.41, 5.74) is 1.84. The second-order valence-corrected chi connectivity index (χ2v) is 6.53. The number of benzene rings is 1. The smallest absolute Gasteiger partial charge is 0.238 e. The first-order valence-electron chi connectivity index (χ1n) is 7.43. The topological polar surface area (TPSA) is 41.1 Å². The van der Waals surface area contributed by atoms with Gasteiger partial charge in [-0.2, -0.15) is 0 Å². The number of rotatable bonds is 6. The van der Waals surface area contributed by atoms with Gasteiger partial charge in [0.25, 0.3) is 0 Å². The van der Waals surface area contributed by atoms with E-state index in [2.05, 4.69) is 10.6 Å². The van der Waals surface area contributed by atoms with Gasteiger partial charge < -0.3 is 10.6 Å². The lowest BCUT2D eigenvalue weighted by atomic mass is 10.1. The standard InChI is InChI=1S/C16H21ClN2O/c1-10-2-7-13(17)8-14(10)19-15(20)9-18-16(11-3-4-11)12-5-6-12/h2,7-8,11-12,16,18H,3-6,9H2,1H3,(H,19,20). The monoisotopic (exact) mass is 292 g/mol. The van der Waals surface area contributed by atoms with Crippen LogP contribution in [0.4, 0.5) is 5.69 Å². The molecule has 0 aromatic heterocycles. The minimum atomic E-state index is 0.0154. The Hall–Kier alpha value is -1.06. The number of carbonyl (C=O) groups is 1. The Morgan fingerprint density at radius 1 is 1.30 bits per heavy atom. The molecule has 0 radical (unpaired) electrons. The highest BCUT2D eigenvalue weighted by Crippen LogP contribution is 2.44. The second-order valence-electron chi connectivity index (χ2n) is 6.09. The van der Waals surface area contributed by atoms with Crippen molar-refractivity contribution in [3.63, 3.8) is 0 Å². The van der Waals surface area contributed by atoms with Gasteiger partial charge in [0.05, 0.1) is 6.54 Å². The highest BCUT2D eigenvalue weighted by atomic mass is 35.5. The number of carbonyl (C=O) groups excluding carboxylic acids is 1. The molecule has 2 aliphatic carbocycles. The van der Waals surface area contributed by atoms with Gasteiger partial charge in [-0.25, -0.2) is 0 Å². The van der Waals surface area contributed by atoms with E-state index in [1.54, 1.807) is 6.07 Å². The zero-order chi connectivity index (χ0) is 14.1. The maximum Gasteiger partial charge on any atom is 0.238 e. The van der Waals surface area contributed by atoms with E-state index in [0.29, 0.717) is 17.6 Å². The summed E-state index contributed by atoms with van der Waals surface area (Å²) in [5.74, 6) is 1.63. The largest absolute Gasteiger partial charge is 0.325 e. The normalized spacial score (nSPS) is 18.4. The predicted octanol–water partition coefficient (Wildman–Crippen LogP) is 3.37. The SMILES string of the molecule is Cc1ccc(Cl)cc1NC(=O)CNC(C1CC1)C1CC1. The number of anilines is 1. The van der Waals surface area contributed by atoms with E-state index in [9.17, 15) is 4.79 Å². The van der Waals surface area contributed by atoms with Crippen molar-refractivity contribution in [1.82, 2.24) is 5.32 Å². The van der Waals surface area contributed by atoms with Gasteiger partial charge >= 0.3 is 0 Å². The summed E-state index contributed by atoms with van der Waals surface area (Å²) in [6.07, 6.45) is 5.29. The summed E-state index contributed by atoms with van der Waals surface area (Å²) in [6, 6.07) is 6.11. The average molecular weight is 293 g/mol. The first kappa shape index (κ1) is 13.9. The van der Waals surface area contributed by atoms with Gasteiger partial charge in [0, 0.05) is 16.8 Å². The van der Waals surface area contributed by atoms with Crippen LogP contribution in [0.25, 0.3) is 0 Å². The average Bonchev–Trinajstić information content (AvgIpc) is 3.25. The maximum absolute atomic E-state index is 12.0. The molecule has 0 unspecified atom stereocenters. The van der Waals surface area contributed by atoms with Crippen molar-refractivity contribution in [1.29, 1.82) is 0 Å². The van der Waals surface area contributed by atoms with Crippen LogP contribution in [0.15, 0.2) is 18.2 Å². The van der Waals surface area contributed by atoms with E-state index < -0.39 is 0 Å². The molecule has 0 atom stereocenters. The second kappa shape index (κ2) is 5.74. The molecule has 0 spiro atoms. The van der Waals surface area contributed by atoms with Crippen molar-refractivity contribution < 1.29 is 4.79 Å². The lowest BCUT2D eigenvalue weighted by Crippen LogP contribution is -2.38. The third kappa shape index (κ3) is 3.53.